The highest BCUT2D eigenvalue weighted by molar-refractivity contribution is 6.09. The summed E-state index contributed by atoms with van der Waals surface area (Å²) in [6.07, 6.45) is -1.10. The molecule has 162 valence electrons. The number of carbonyl (C=O) groups excluding carboxylic acids is 4. The number of urea groups is 1. The van der Waals surface area contributed by atoms with Crippen molar-refractivity contribution in [3.05, 3.63) is 65.2 Å². The highest BCUT2D eigenvalue weighted by Crippen LogP contribution is 2.29. The molecule has 3 rings (SSSR count). The zero-order valence-electron chi connectivity index (χ0n) is 17.9. The van der Waals surface area contributed by atoms with Gasteiger partial charge in [0.2, 0.25) is 0 Å². The van der Waals surface area contributed by atoms with Crippen LogP contribution in [0, 0.1) is 13.8 Å². The van der Waals surface area contributed by atoms with Crippen LogP contribution in [0.4, 0.5) is 10.5 Å². The van der Waals surface area contributed by atoms with Crippen molar-refractivity contribution in [1.82, 2.24) is 10.2 Å². The zero-order chi connectivity index (χ0) is 22.8. The highest BCUT2D eigenvalue weighted by atomic mass is 16.5. The standard InChI is InChI=1S/C23H25N3O5/c1-14-8-10-17(11-9-14)23(4)21(29)26(22(30)25-23)13-19(27)31-16(3)20(28)24-18-7-5-6-15(2)12-18/h5-12,16H,13H2,1-4H3,(H,24,28)(H,25,30)/t16-,23-/m1/s1. The van der Waals surface area contributed by atoms with Crippen LogP contribution in [0.2, 0.25) is 0 Å². The number of carbonyl (C=O) groups is 4. The van der Waals surface area contributed by atoms with Gasteiger partial charge in [0.15, 0.2) is 6.10 Å². The summed E-state index contributed by atoms with van der Waals surface area (Å²) in [5, 5.41) is 5.30. The van der Waals surface area contributed by atoms with Crippen LogP contribution < -0.4 is 10.6 Å². The molecule has 1 aliphatic rings. The van der Waals surface area contributed by atoms with E-state index in [1.54, 1.807) is 37.3 Å². The Morgan fingerprint density at radius 2 is 1.77 bits per heavy atom. The second kappa shape index (κ2) is 8.59. The molecule has 2 aromatic carbocycles. The van der Waals surface area contributed by atoms with Crippen molar-refractivity contribution in [2.45, 2.75) is 39.3 Å². The molecule has 0 radical (unpaired) electrons. The minimum atomic E-state index is -1.28. The van der Waals surface area contributed by atoms with Gasteiger partial charge in [-0.1, -0.05) is 42.0 Å². The molecular weight excluding hydrogens is 398 g/mol. The summed E-state index contributed by atoms with van der Waals surface area (Å²) in [7, 11) is 0. The van der Waals surface area contributed by atoms with Crippen LogP contribution in [0.3, 0.4) is 0 Å². The van der Waals surface area contributed by atoms with Gasteiger partial charge >= 0.3 is 12.0 Å². The zero-order valence-corrected chi connectivity index (χ0v) is 17.9. The second-order valence-electron chi connectivity index (χ2n) is 7.80. The first kappa shape index (κ1) is 22.0. The maximum atomic E-state index is 12.9. The molecule has 2 N–H and O–H groups in total. The van der Waals surface area contributed by atoms with E-state index in [1.807, 2.05) is 32.0 Å². The van der Waals surface area contributed by atoms with Crippen molar-refractivity contribution >= 4 is 29.5 Å². The Morgan fingerprint density at radius 1 is 1.10 bits per heavy atom. The maximum absolute atomic E-state index is 12.9. The number of nitrogens with zero attached hydrogens (tertiary/aromatic N) is 1. The lowest BCUT2D eigenvalue weighted by Crippen LogP contribution is -2.42. The first-order chi connectivity index (χ1) is 14.6. The third-order valence-electron chi connectivity index (χ3n) is 5.15. The number of aryl methyl sites for hydroxylation is 2. The molecule has 0 bridgehead atoms. The fraction of sp³-hybridized carbons (Fsp3) is 0.304. The third kappa shape index (κ3) is 4.74. The van der Waals surface area contributed by atoms with Gasteiger partial charge in [0.05, 0.1) is 0 Å². The van der Waals surface area contributed by atoms with Gasteiger partial charge < -0.3 is 15.4 Å². The van der Waals surface area contributed by atoms with Gasteiger partial charge in [-0.3, -0.25) is 19.3 Å². The number of ether oxygens (including phenoxy) is 1. The summed E-state index contributed by atoms with van der Waals surface area (Å²) in [4.78, 5) is 50.7. The SMILES string of the molecule is Cc1ccc([C@@]2(C)NC(=O)N(CC(=O)O[C@H](C)C(=O)Nc3cccc(C)c3)C2=O)cc1. The van der Waals surface area contributed by atoms with Crippen LogP contribution in [0.1, 0.15) is 30.5 Å². The van der Waals surface area contributed by atoms with E-state index < -0.39 is 42.0 Å². The quantitative estimate of drug-likeness (QED) is 0.549. The minimum absolute atomic E-state index is 0.513. The van der Waals surface area contributed by atoms with Gasteiger partial charge in [-0.05, 0) is 51.0 Å². The summed E-state index contributed by atoms with van der Waals surface area (Å²) in [6, 6.07) is 13.7. The van der Waals surface area contributed by atoms with Gasteiger partial charge in [0.25, 0.3) is 11.8 Å². The molecule has 0 aromatic heterocycles. The number of anilines is 1. The van der Waals surface area contributed by atoms with Crippen LogP contribution in [-0.4, -0.2) is 41.4 Å². The van der Waals surface area contributed by atoms with E-state index in [0.717, 1.165) is 16.0 Å². The number of imide groups is 1. The summed E-state index contributed by atoms with van der Waals surface area (Å²) < 4.78 is 5.14. The molecule has 31 heavy (non-hydrogen) atoms. The fourth-order valence-corrected chi connectivity index (χ4v) is 3.31. The van der Waals surface area contributed by atoms with Crippen molar-refractivity contribution in [1.29, 1.82) is 0 Å². The Labute approximate surface area is 180 Å². The summed E-state index contributed by atoms with van der Waals surface area (Å²) in [5.74, 6) is -1.93. The lowest BCUT2D eigenvalue weighted by Gasteiger charge is -2.22. The predicted molar refractivity (Wildman–Crippen MR) is 114 cm³/mol. The van der Waals surface area contributed by atoms with Gasteiger partial charge in [-0.2, -0.15) is 0 Å². The molecule has 1 aliphatic heterocycles. The lowest BCUT2D eigenvalue weighted by molar-refractivity contribution is -0.155. The number of rotatable bonds is 6. The highest BCUT2D eigenvalue weighted by Gasteiger charge is 2.49. The first-order valence-electron chi connectivity index (χ1n) is 9.88. The molecule has 0 saturated carbocycles. The van der Waals surface area contributed by atoms with Crippen LogP contribution >= 0.6 is 0 Å². The Bertz CT molecular complexity index is 1030. The van der Waals surface area contributed by atoms with E-state index in [2.05, 4.69) is 10.6 Å². The molecule has 0 spiro atoms. The fourth-order valence-electron chi connectivity index (χ4n) is 3.31. The Kier molecular flexibility index (Phi) is 6.10. The molecule has 8 nitrogen and oxygen atoms in total. The Balaban J connectivity index is 1.62. The molecule has 4 amide bonds. The monoisotopic (exact) mass is 423 g/mol. The maximum Gasteiger partial charge on any atom is 0.327 e. The normalized spacial score (nSPS) is 19.0. The van der Waals surface area contributed by atoms with E-state index in [4.69, 9.17) is 4.74 Å². The van der Waals surface area contributed by atoms with Crippen molar-refractivity contribution in [2.24, 2.45) is 0 Å². The topological polar surface area (TPSA) is 105 Å². The lowest BCUT2D eigenvalue weighted by atomic mass is 9.91. The molecule has 2 aromatic rings. The third-order valence-corrected chi connectivity index (χ3v) is 5.15. The Morgan fingerprint density at radius 3 is 2.42 bits per heavy atom. The van der Waals surface area contributed by atoms with Crippen LogP contribution in [0.5, 0.6) is 0 Å². The van der Waals surface area contributed by atoms with Crippen molar-refractivity contribution in [3.8, 4) is 0 Å². The number of esters is 1. The molecule has 1 fully saturated rings. The Hall–Kier alpha value is -3.68. The van der Waals surface area contributed by atoms with Crippen LogP contribution in [0.15, 0.2) is 48.5 Å². The molecule has 1 heterocycles. The predicted octanol–water partition coefficient (Wildman–Crippen LogP) is 2.64. The van der Waals surface area contributed by atoms with Crippen molar-refractivity contribution in [3.63, 3.8) is 0 Å². The molecular formula is C23H25N3O5. The number of benzene rings is 2. The molecule has 8 heteroatoms. The van der Waals surface area contributed by atoms with Gasteiger partial charge in [-0.15, -0.1) is 0 Å². The van der Waals surface area contributed by atoms with E-state index in [1.165, 1.54) is 6.92 Å². The van der Waals surface area contributed by atoms with Gasteiger partial charge in [0.1, 0.15) is 12.1 Å². The summed E-state index contributed by atoms with van der Waals surface area (Å²) in [5.41, 5.74) is 1.90. The van der Waals surface area contributed by atoms with Crippen LogP contribution in [0.25, 0.3) is 0 Å². The summed E-state index contributed by atoms with van der Waals surface area (Å²) >= 11 is 0. The molecule has 0 aliphatic carbocycles. The number of nitrogens with one attached hydrogen (secondary N) is 2. The van der Waals surface area contributed by atoms with Gasteiger partial charge in [0, 0.05) is 5.69 Å². The molecule has 0 unspecified atom stereocenters. The molecule has 1 saturated heterocycles. The first-order valence-corrected chi connectivity index (χ1v) is 9.88. The van der Waals surface area contributed by atoms with E-state index in [9.17, 15) is 19.2 Å². The van der Waals surface area contributed by atoms with E-state index in [-0.39, 0.29) is 0 Å². The largest absolute Gasteiger partial charge is 0.451 e. The van der Waals surface area contributed by atoms with E-state index >= 15 is 0 Å². The number of hydrogen-bond acceptors (Lipinski definition) is 5. The smallest absolute Gasteiger partial charge is 0.327 e. The minimum Gasteiger partial charge on any atom is -0.451 e. The second-order valence-corrected chi connectivity index (χ2v) is 7.80. The molecule has 2 atom stereocenters. The van der Waals surface area contributed by atoms with Crippen molar-refractivity contribution in [2.75, 3.05) is 11.9 Å². The van der Waals surface area contributed by atoms with Gasteiger partial charge in [-0.25, -0.2) is 4.79 Å². The summed E-state index contributed by atoms with van der Waals surface area (Å²) in [6.45, 7) is 6.22. The average molecular weight is 423 g/mol. The van der Waals surface area contributed by atoms with E-state index in [0.29, 0.717) is 11.3 Å². The average Bonchev–Trinajstić information content (AvgIpc) is 2.92. The number of hydrogen-bond donors (Lipinski definition) is 2. The van der Waals surface area contributed by atoms with Crippen molar-refractivity contribution < 1.29 is 23.9 Å². The van der Waals surface area contributed by atoms with Crippen LogP contribution in [-0.2, 0) is 24.7 Å². The number of amides is 4.